The standard InChI is InChI=1S/C35H40ClF2N7O3/c1-22(37)33(46)45-17-16-44(18-24(45)10-13-39)32-26-12-15-43(30-9-8-28(38)25-6-5-7-27(36)31(25)30)19-29(26)40-34(41-32)48-21-35(2)23(20-47-4)11-14-42(35)3/h5-9,23-24H,1,10-12,14-21H2,2-4H3/t23-,24-,35?/m0/s1. The van der Waals surface area contributed by atoms with Crippen LogP contribution in [0.25, 0.3) is 10.8 Å². The van der Waals surface area contributed by atoms with Gasteiger partial charge in [0.2, 0.25) is 0 Å². The van der Waals surface area contributed by atoms with Gasteiger partial charge in [0.1, 0.15) is 18.2 Å². The van der Waals surface area contributed by atoms with E-state index in [1.54, 1.807) is 31.4 Å². The number of amides is 1. The third kappa shape index (κ3) is 6.27. The van der Waals surface area contributed by atoms with Crippen LogP contribution >= 0.6 is 11.6 Å². The van der Waals surface area contributed by atoms with Crippen molar-refractivity contribution in [3.8, 4) is 12.1 Å². The molecule has 1 unspecified atom stereocenters. The molecule has 0 spiro atoms. The van der Waals surface area contributed by atoms with Gasteiger partial charge < -0.3 is 24.2 Å². The van der Waals surface area contributed by atoms with Crippen molar-refractivity contribution in [1.82, 2.24) is 19.8 Å². The summed E-state index contributed by atoms with van der Waals surface area (Å²) in [5.74, 6) is -1.26. The number of carbonyl (C=O) groups excluding carboxylic acids is 1. The number of likely N-dealkylation sites (tertiary alicyclic amines) is 1. The van der Waals surface area contributed by atoms with E-state index in [2.05, 4.69) is 36.4 Å². The number of halogens is 3. The lowest BCUT2D eigenvalue weighted by Crippen LogP contribution is -2.55. The molecule has 0 radical (unpaired) electrons. The molecule has 2 saturated heterocycles. The lowest BCUT2D eigenvalue weighted by molar-refractivity contribution is -0.131. The molecule has 1 aromatic heterocycles. The van der Waals surface area contributed by atoms with Crippen LogP contribution in [0.4, 0.5) is 20.3 Å². The second-order valence-corrected chi connectivity index (χ2v) is 13.4. The van der Waals surface area contributed by atoms with E-state index in [0.29, 0.717) is 60.9 Å². The number of likely N-dealkylation sites (N-methyl/N-ethyl adjacent to an activating group) is 1. The van der Waals surface area contributed by atoms with Crippen LogP contribution in [0.3, 0.4) is 0 Å². The van der Waals surface area contributed by atoms with Gasteiger partial charge in [-0.2, -0.15) is 15.2 Å². The Morgan fingerprint density at radius 2 is 2.00 bits per heavy atom. The van der Waals surface area contributed by atoms with Crippen molar-refractivity contribution >= 4 is 39.8 Å². The van der Waals surface area contributed by atoms with E-state index in [1.165, 1.54) is 11.0 Å². The summed E-state index contributed by atoms with van der Waals surface area (Å²) in [7, 11) is 3.79. The molecule has 4 heterocycles. The zero-order chi connectivity index (χ0) is 34.2. The molecule has 48 heavy (non-hydrogen) atoms. The molecule has 0 aliphatic carbocycles. The predicted octanol–water partition coefficient (Wildman–Crippen LogP) is 5.13. The molecule has 2 aromatic carbocycles. The van der Waals surface area contributed by atoms with E-state index in [0.717, 1.165) is 29.9 Å². The topological polar surface area (TPSA) is 98.1 Å². The summed E-state index contributed by atoms with van der Waals surface area (Å²) in [6.45, 7) is 9.07. The number of benzene rings is 2. The number of nitrogens with zero attached hydrogens (tertiary/aromatic N) is 7. The van der Waals surface area contributed by atoms with Crippen LogP contribution in [0.15, 0.2) is 42.7 Å². The van der Waals surface area contributed by atoms with E-state index >= 15 is 0 Å². The number of piperazine rings is 1. The van der Waals surface area contributed by atoms with Crippen molar-refractivity contribution in [3.05, 3.63) is 64.8 Å². The lowest BCUT2D eigenvalue weighted by Gasteiger charge is -2.42. The van der Waals surface area contributed by atoms with Crippen LogP contribution in [0.5, 0.6) is 6.01 Å². The van der Waals surface area contributed by atoms with E-state index in [4.69, 9.17) is 31.0 Å². The summed E-state index contributed by atoms with van der Waals surface area (Å²) in [6.07, 6.45) is 1.59. The Morgan fingerprint density at radius 3 is 2.75 bits per heavy atom. The number of methoxy groups -OCH3 is 1. The van der Waals surface area contributed by atoms with Gasteiger partial charge in [0.25, 0.3) is 5.91 Å². The van der Waals surface area contributed by atoms with Gasteiger partial charge in [-0.15, -0.1) is 0 Å². The first-order valence-corrected chi connectivity index (χ1v) is 16.5. The minimum atomic E-state index is -1.05. The molecule has 1 amide bonds. The highest BCUT2D eigenvalue weighted by atomic mass is 35.5. The van der Waals surface area contributed by atoms with Crippen molar-refractivity contribution in [2.75, 3.05) is 69.9 Å². The normalized spacial score (nSPS) is 22.9. The summed E-state index contributed by atoms with van der Waals surface area (Å²) < 4.78 is 40.7. The zero-order valence-corrected chi connectivity index (χ0v) is 28.3. The van der Waals surface area contributed by atoms with Crippen LogP contribution < -0.4 is 14.5 Å². The fourth-order valence-corrected chi connectivity index (χ4v) is 7.65. The summed E-state index contributed by atoms with van der Waals surface area (Å²) in [6, 6.07) is 10.2. The van der Waals surface area contributed by atoms with Crippen molar-refractivity contribution < 1.29 is 23.0 Å². The second-order valence-electron chi connectivity index (χ2n) is 13.0. The highest BCUT2D eigenvalue weighted by molar-refractivity contribution is 6.36. The quantitative estimate of drug-likeness (QED) is 0.285. The Morgan fingerprint density at radius 1 is 1.19 bits per heavy atom. The molecule has 3 atom stereocenters. The maximum absolute atomic E-state index is 14.8. The highest BCUT2D eigenvalue weighted by Gasteiger charge is 2.44. The second kappa shape index (κ2) is 13.8. The Hall–Kier alpha value is -4.05. The molecular formula is C35H40ClF2N7O3. The van der Waals surface area contributed by atoms with Crippen LogP contribution in [-0.4, -0.2) is 97.4 Å². The highest BCUT2D eigenvalue weighted by Crippen LogP contribution is 2.39. The third-order valence-electron chi connectivity index (χ3n) is 10.3. The summed E-state index contributed by atoms with van der Waals surface area (Å²) in [5, 5.41) is 11.1. The fraction of sp³-hybridized carbons (Fsp3) is 0.486. The molecule has 6 rings (SSSR count). The predicted molar refractivity (Wildman–Crippen MR) is 180 cm³/mol. The summed E-state index contributed by atoms with van der Waals surface area (Å²) in [5.41, 5.74) is 2.20. The molecule has 3 aliphatic heterocycles. The van der Waals surface area contributed by atoms with Crippen LogP contribution in [0.1, 0.15) is 31.0 Å². The average molecular weight is 680 g/mol. The van der Waals surface area contributed by atoms with Gasteiger partial charge in [-0.3, -0.25) is 9.69 Å². The van der Waals surface area contributed by atoms with Gasteiger partial charge >= 0.3 is 6.01 Å². The molecule has 3 aliphatic rings. The van der Waals surface area contributed by atoms with Crippen molar-refractivity contribution in [3.63, 3.8) is 0 Å². The average Bonchev–Trinajstić information content (AvgIpc) is 3.36. The molecule has 0 bridgehead atoms. The Kier molecular flexibility index (Phi) is 9.74. The minimum absolute atomic E-state index is 0.0317. The van der Waals surface area contributed by atoms with E-state index in [1.807, 2.05) is 4.90 Å². The number of hydrogen-bond donors (Lipinski definition) is 0. The van der Waals surface area contributed by atoms with E-state index in [-0.39, 0.29) is 42.8 Å². The first-order chi connectivity index (χ1) is 23.0. The minimum Gasteiger partial charge on any atom is -0.461 e. The van der Waals surface area contributed by atoms with Gasteiger partial charge in [-0.05, 0) is 51.6 Å². The molecular weight excluding hydrogens is 640 g/mol. The first-order valence-electron chi connectivity index (χ1n) is 16.2. The lowest BCUT2D eigenvalue weighted by atomic mass is 9.88. The van der Waals surface area contributed by atoms with Crippen molar-refractivity contribution in [1.29, 1.82) is 5.26 Å². The molecule has 0 N–H and O–H groups in total. The monoisotopic (exact) mass is 679 g/mol. The number of ether oxygens (including phenoxy) is 2. The first kappa shape index (κ1) is 33.8. The van der Waals surface area contributed by atoms with Gasteiger partial charge in [0, 0.05) is 61.2 Å². The smallest absolute Gasteiger partial charge is 0.318 e. The van der Waals surface area contributed by atoms with Crippen LogP contribution in [0, 0.1) is 23.1 Å². The van der Waals surface area contributed by atoms with Gasteiger partial charge in [-0.25, -0.2) is 8.78 Å². The number of aromatic nitrogens is 2. The fourth-order valence-electron chi connectivity index (χ4n) is 7.37. The number of carbonyl (C=O) groups is 1. The SMILES string of the molecule is C=C(F)C(=O)N1CCN(c2nc(OCC3(C)[C@H](COC)CCN3C)nc3c2CCN(c2ccc(F)c4cccc(Cl)c24)C3)C[C@@H]1CC#N. The Labute approximate surface area is 284 Å². The molecule has 10 nitrogen and oxygen atoms in total. The van der Waals surface area contributed by atoms with Crippen LogP contribution in [0.2, 0.25) is 5.02 Å². The van der Waals surface area contributed by atoms with Crippen molar-refractivity contribution in [2.45, 2.75) is 44.3 Å². The van der Waals surface area contributed by atoms with Crippen LogP contribution in [-0.2, 0) is 22.5 Å². The van der Waals surface area contributed by atoms with Crippen molar-refractivity contribution in [2.24, 2.45) is 5.92 Å². The summed E-state index contributed by atoms with van der Waals surface area (Å²) in [4.78, 5) is 30.3. The molecule has 2 fully saturated rings. The largest absolute Gasteiger partial charge is 0.461 e. The molecule has 3 aromatic rings. The number of anilines is 2. The molecule has 254 valence electrons. The zero-order valence-electron chi connectivity index (χ0n) is 27.5. The molecule has 0 saturated carbocycles. The number of fused-ring (bicyclic) bond motifs is 2. The third-order valence-corrected chi connectivity index (χ3v) is 10.6. The number of rotatable bonds is 9. The maximum atomic E-state index is 14.8. The van der Waals surface area contributed by atoms with Gasteiger partial charge in [-0.1, -0.05) is 30.3 Å². The number of hydrogen-bond acceptors (Lipinski definition) is 9. The van der Waals surface area contributed by atoms with Gasteiger partial charge in [0.05, 0.1) is 47.9 Å². The number of nitriles is 1. The van der Waals surface area contributed by atoms with E-state index in [9.17, 15) is 18.8 Å². The molecule has 13 heteroatoms. The van der Waals surface area contributed by atoms with E-state index < -0.39 is 17.8 Å². The Balaban J connectivity index is 1.36. The summed E-state index contributed by atoms with van der Waals surface area (Å²) >= 11 is 6.62. The maximum Gasteiger partial charge on any atom is 0.318 e. The van der Waals surface area contributed by atoms with Gasteiger partial charge in [0.15, 0.2) is 5.83 Å². The Bertz CT molecular complexity index is 1770.